The molecule has 94 valence electrons. The number of hydrogen-bond acceptors (Lipinski definition) is 2. The maximum Gasteiger partial charge on any atom is 0.184 e. The van der Waals surface area contributed by atoms with E-state index < -0.39 is 10.8 Å². The Hall–Kier alpha value is -1.38. The van der Waals surface area contributed by atoms with E-state index >= 15 is 0 Å². The number of carbonyl (C=O) groups is 2. The van der Waals surface area contributed by atoms with Crippen molar-refractivity contribution in [2.45, 2.75) is 41.5 Å². The summed E-state index contributed by atoms with van der Waals surface area (Å²) in [5, 5.41) is 0. The smallest absolute Gasteiger partial charge is 0.184 e. The van der Waals surface area contributed by atoms with Crippen LogP contribution in [0.2, 0.25) is 0 Å². The predicted molar refractivity (Wildman–Crippen MR) is 68.4 cm³/mol. The van der Waals surface area contributed by atoms with E-state index in [4.69, 9.17) is 0 Å². The molecule has 0 fully saturated rings. The van der Waals surface area contributed by atoms with Gasteiger partial charge in [0.05, 0.1) is 11.4 Å². The van der Waals surface area contributed by atoms with E-state index in [-0.39, 0.29) is 11.6 Å². The molecule has 0 bridgehead atoms. The van der Waals surface area contributed by atoms with E-state index in [1.54, 1.807) is 12.1 Å². The predicted octanol–water partition coefficient (Wildman–Crippen LogP) is 3.47. The summed E-state index contributed by atoms with van der Waals surface area (Å²) in [6.07, 6.45) is 0. The van der Waals surface area contributed by atoms with Gasteiger partial charge in [-0.25, -0.2) is 0 Å². The maximum atomic E-state index is 12.0. The number of rotatable bonds is 2. The van der Waals surface area contributed by atoms with Gasteiger partial charge in [-0.3, -0.25) is 9.59 Å². The van der Waals surface area contributed by atoms with Crippen LogP contribution in [0.1, 0.15) is 62.5 Å². The van der Waals surface area contributed by atoms with Crippen molar-refractivity contribution >= 4 is 11.6 Å². The van der Waals surface area contributed by atoms with Gasteiger partial charge in [0.25, 0.3) is 0 Å². The number of aromatic nitrogens is 1. The third-order valence-corrected chi connectivity index (χ3v) is 2.54. The Labute approximate surface area is 103 Å². The molecule has 0 saturated carbocycles. The number of aromatic amines is 1. The Morgan fingerprint density at radius 2 is 1.12 bits per heavy atom. The molecule has 1 rings (SSSR count). The molecule has 0 aromatic carbocycles. The van der Waals surface area contributed by atoms with E-state index in [1.807, 2.05) is 41.5 Å². The Balaban J connectivity index is 3.02. The lowest BCUT2D eigenvalue weighted by molar-refractivity contribution is 0.0848. The zero-order chi connectivity index (χ0) is 13.4. The van der Waals surface area contributed by atoms with Crippen LogP contribution in [0.15, 0.2) is 12.1 Å². The first-order chi connectivity index (χ1) is 7.53. The lowest BCUT2D eigenvalue weighted by Crippen LogP contribution is -2.22. The highest BCUT2D eigenvalue weighted by atomic mass is 16.1. The quantitative estimate of drug-likeness (QED) is 0.798. The second-order valence-corrected chi connectivity index (χ2v) is 6.44. The minimum absolute atomic E-state index is 0.0189. The van der Waals surface area contributed by atoms with Crippen molar-refractivity contribution in [3.63, 3.8) is 0 Å². The number of Topliss-reactive ketones (excluding diaryl/α,β-unsaturated/α-hetero) is 2. The number of hydrogen-bond donors (Lipinski definition) is 1. The molecule has 3 nitrogen and oxygen atoms in total. The Morgan fingerprint density at radius 1 is 0.824 bits per heavy atom. The molecule has 0 aliphatic carbocycles. The largest absolute Gasteiger partial charge is 0.350 e. The summed E-state index contributed by atoms with van der Waals surface area (Å²) in [6, 6.07) is 3.37. The number of ketones is 2. The molecule has 1 aromatic rings. The van der Waals surface area contributed by atoms with Crippen LogP contribution in [0.4, 0.5) is 0 Å². The molecule has 0 unspecified atom stereocenters. The first-order valence-electron chi connectivity index (χ1n) is 5.82. The summed E-state index contributed by atoms with van der Waals surface area (Å²) in [6.45, 7) is 11.2. The summed E-state index contributed by atoms with van der Waals surface area (Å²) in [5.74, 6) is 0.0379. The SMILES string of the molecule is CC(C)(C)C(=O)c1ccc(C(=O)C(C)(C)C)[nH]1. The summed E-state index contributed by atoms with van der Waals surface area (Å²) in [4.78, 5) is 26.9. The third kappa shape index (κ3) is 3.05. The summed E-state index contributed by atoms with van der Waals surface area (Å²) in [5.41, 5.74) is 0.134. The summed E-state index contributed by atoms with van der Waals surface area (Å²) < 4.78 is 0. The van der Waals surface area contributed by atoms with Crippen molar-refractivity contribution in [2.75, 3.05) is 0 Å². The van der Waals surface area contributed by atoms with Crippen LogP contribution in [0, 0.1) is 10.8 Å². The summed E-state index contributed by atoms with van der Waals surface area (Å²) >= 11 is 0. The maximum absolute atomic E-state index is 12.0. The van der Waals surface area contributed by atoms with Gasteiger partial charge < -0.3 is 4.98 Å². The van der Waals surface area contributed by atoms with Gasteiger partial charge in [-0.05, 0) is 12.1 Å². The molecule has 1 N–H and O–H groups in total. The molecule has 3 heteroatoms. The van der Waals surface area contributed by atoms with Gasteiger partial charge in [-0.2, -0.15) is 0 Å². The summed E-state index contributed by atoms with van der Waals surface area (Å²) in [7, 11) is 0. The van der Waals surface area contributed by atoms with E-state index in [9.17, 15) is 9.59 Å². The van der Waals surface area contributed by atoms with Gasteiger partial charge in [0.1, 0.15) is 0 Å². The first-order valence-corrected chi connectivity index (χ1v) is 5.82. The second kappa shape index (κ2) is 4.13. The number of carbonyl (C=O) groups excluding carboxylic acids is 2. The molecule has 1 heterocycles. The average Bonchev–Trinajstić information content (AvgIpc) is 2.60. The lowest BCUT2D eigenvalue weighted by Gasteiger charge is -2.16. The van der Waals surface area contributed by atoms with Crippen LogP contribution >= 0.6 is 0 Å². The molecular formula is C14H21NO2. The Kier molecular flexibility index (Phi) is 3.33. The second-order valence-electron chi connectivity index (χ2n) is 6.44. The zero-order valence-electron chi connectivity index (χ0n) is 11.5. The van der Waals surface area contributed by atoms with Crippen LogP contribution in [0.25, 0.3) is 0 Å². The highest BCUT2D eigenvalue weighted by Crippen LogP contribution is 2.23. The molecule has 17 heavy (non-hydrogen) atoms. The highest BCUT2D eigenvalue weighted by Gasteiger charge is 2.27. The van der Waals surface area contributed by atoms with Crippen LogP contribution in [-0.2, 0) is 0 Å². The van der Waals surface area contributed by atoms with Gasteiger partial charge in [0, 0.05) is 10.8 Å². The van der Waals surface area contributed by atoms with Crippen LogP contribution < -0.4 is 0 Å². The fourth-order valence-electron chi connectivity index (χ4n) is 1.47. The molecule has 0 amide bonds. The molecule has 0 aliphatic heterocycles. The first kappa shape index (κ1) is 13.7. The zero-order valence-corrected chi connectivity index (χ0v) is 11.5. The molecule has 0 aliphatic rings. The Bertz CT molecular complexity index is 401. The minimum Gasteiger partial charge on any atom is -0.350 e. The molecule has 0 atom stereocenters. The Morgan fingerprint density at radius 3 is 1.35 bits per heavy atom. The van der Waals surface area contributed by atoms with Crippen LogP contribution in [-0.4, -0.2) is 16.6 Å². The van der Waals surface area contributed by atoms with E-state index in [1.165, 1.54) is 0 Å². The van der Waals surface area contributed by atoms with E-state index in [0.29, 0.717) is 11.4 Å². The monoisotopic (exact) mass is 235 g/mol. The van der Waals surface area contributed by atoms with Crippen LogP contribution in [0.3, 0.4) is 0 Å². The fourth-order valence-corrected chi connectivity index (χ4v) is 1.47. The van der Waals surface area contributed by atoms with E-state index in [2.05, 4.69) is 4.98 Å². The lowest BCUT2D eigenvalue weighted by atomic mass is 9.89. The molecular weight excluding hydrogens is 214 g/mol. The van der Waals surface area contributed by atoms with Crippen molar-refractivity contribution in [1.29, 1.82) is 0 Å². The van der Waals surface area contributed by atoms with Gasteiger partial charge in [-0.1, -0.05) is 41.5 Å². The van der Waals surface area contributed by atoms with Gasteiger partial charge >= 0.3 is 0 Å². The van der Waals surface area contributed by atoms with Crippen molar-refractivity contribution in [1.82, 2.24) is 4.98 Å². The fraction of sp³-hybridized carbons (Fsp3) is 0.571. The average molecular weight is 235 g/mol. The number of H-pyrrole nitrogens is 1. The third-order valence-electron chi connectivity index (χ3n) is 2.54. The van der Waals surface area contributed by atoms with Gasteiger partial charge in [0.15, 0.2) is 11.6 Å². The van der Waals surface area contributed by atoms with Crippen molar-refractivity contribution in [3.8, 4) is 0 Å². The van der Waals surface area contributed by atoms with Crippen LogP contribution in [0.5, 0.6) is 0 Å². The molecule has 0 saturated heterocycles. The van der Waals surface area contributed by atoms with E-state index in [0.717, 1.165) is 0 Å². The van der Waals surface area contributed by atoms with Crippen molar-refractivity contribution < 1.29 is 9.59 Å². The topological polar surface area (TPSA) is 49.9 Å². The standard InChI is InChI=1S/C14H21NO2/c1-13(2,3)11(16)9-7-8-10(15-9)12(17)14(4,5)6/h7-8,15H,1-6H3. The molecule has 0 spiro atoms. The normalized spacial score (nSPS) is 12.6. The van der Waals surface area contributed by atoms with Crippen molar-refractivity contribution in [2.24, 2.45) is 10.8 Å². The minimum atomic E-state index is -0.438. The van der Waals surface area contributed by atoms with Crippen molar-refractivity contribution in [3.05, 3.63) is 23.5 Å². The number of nitrogens with one attached hydrogen (secondary N) is 1. The highest BCUT2D eigenvalue weighted by molar-refractivity contribution is 6.02. The molecule has 0 radical (unpaired) electrons. The molecule has 1 aromatic heterocycles. The van der Waals surface area contributed by atoms with Gasteiger partial charge in [0.2, 0.25) is 0 Å². The van der Waals surface area contributed by atoms with Gasteiger partial charge in [-0.15, -0.1) is 0 Å².